The number of carbonyl (C=O) groups excluding carboxylic acids is 1. The Hall–Kier alpha value is -1.47. The van der Waals surface area contributed by atoms with Gasteiger partial charge in [0.15, 0.2) is 5.82 Å². The van der Waals surface area contributed by atoms with Crippen LogP contribution in [-0.4, -0.2) is 34.8 Å². The molecule has 1 aliphatic rings. The van der Waals surface area contributed by atoms with Gasteiger partial charge in [-0.15, -0.1) is 0 Å². The largest absolute Gasteiger partial charge is 0.381 e. The maximum atomic E-state index is 11.9. The van der Waals surface area contributed by atoms with E-state index in [9.17, 15) is 4.79 Å². The quantitative estimate of drug-likeness (QED) is 0.725. The van der Waals surface area contributed by atoms with Gasteiger partial charge in [-0.3, -0.25) is 10.1 Å². The van der Waals surface area contributed by atoms with Gasteiger partial charge in [0, 0.05) is 13.2 Å². The summed E-state index contributed by atoms with van der Waals surface area (Å²) >= 11 is 0. The predicted molar refractivity (Wildman–Crippen MR) is 54.6 cm³/mol. The zero-order chi connectivity index (χ0) is 11.6. The Bertz CT molecular complexity index is 384. The lowest BCUT2D eigenvalue weighted by molar-refractivity contribution is -0.124. The van der Waals surface area contributed by atoms with E-state index in [-0.39, 0.29) is 11.9 Å². The van der Waals surface area contributed by atoms with E-state index in [4.69, 9.17) is 15.0 Å². The fourth-order valence-corrected chi connectivity index (χ4v) is 1.53. The first-order chi connectivity index (χ1) is 7.60. The first-order valence-electron chi connectivity index (χ1n) is 5.08. The Balaban J connectivity index is 2.01. The van der Waals surface area contributed by atoms with E-state index in [2.05, 4.69) is 15.5 Å². The maximum Gasteiger partial charge on any atom is 0.328 e. The van der Waals surface area contributed by atoms with E-state index >= 15 is 0 Å². The van der Waals surface area contributed by atoms with Crippen LogP contribution in [0.1, 0.15) is 18.7 Å². The molecule has 0 unspecified atom stereocenters. The fraction of sp³-hybridized carbons (Fsp3) is 0.667. The van der Waals surface area contributed by atoms with Crippen molar-refractivity contribution in [3.05, 3.63) is 5.82 Å². The number of hydrogen-bond donors (Lipinski definition) is 2. The van der Waals surface area contributed by atoms with Crippen LogP contribution in [0.25, 0.3) is 0 Å². The van der Waals surface area contributed by atoms with Crippen molar-refractivity contribution in [1.29, 1.82) is 0 Å². The SMILES string of the molecule is Cc1noc(NC(=O)C2(N)CCOCC2)n1. The van der Waals surface area contributed by atoms with Crippen molar-refractivity contribution >= 4 is 11.9 Å². The van der Waals surface area contributed by atoms with E-state index in [1.165, 1.54) is 0 Å². The van der Waals surface area contributed by atoms with E-state index in [1.807, 2.05) is 0 Å². The summed E-state index contributed by atoms with van der Waals surface area (Å²) in [4.78, 5) is 15.8. The van der Waals surface area contributed by atoms with Gasteiger partial charge >= 0.3 is 6.01 Å². The molecule has 0 radical (unpaired) electrons. The third-order valence-corrected chi connectivity index (χ3v) is 2.59. The average Bonchev–Trinajstić information content (AvgIpc) is 2.65. The molecule has 1 saturated heterocycles. The molecule has 3 N–H and O–H groups in total. The zero-order valence-electron chi connectivity index (χ0n) is 9.02. The highest BCUT2D eigenvalue weighted by atomic mass is 16.5. The zero-order valence-corrected chi connectivity index (χ0v) is 9.02. The van der Waals surface area contributed by atoms with Crippen LogP contribution >= 0.6 is 0 Å². The summed E-state index contributed by atoms with van der Waals surface area (Å²) in [6.45, 7) is 2.66. The van der Waals surface area contributed by atoms with Gasteiger partial charge < -0.3 is 15.0 Å². The summed E-state index contributed by atoms with van der Waals surface area (Å²) in [5, 5.41) is 6.08. The minimum absolute atomic E-state index is 0.0822. The molecule has 1 aliphatic heterocycles. The number of nitrogens with two attached hydrogens (primary N) is 1. The lowest BCUT2D eigenvalue weighted by Gasteiger charge is -2.30. The molecule has 1 amide bonds. The number of amides is 1. The minimum atomic E-state index is -0.902. The maximum absolute atomic E-state index is 11.9. The van der Waals surface area contributed by atoms with Crippen molar-refractivity contribution in [2.45, 2.75) is 25.3 Å². The van der Waals surface area contributed by atoms with Crippen LogP contribution in [0.4, 0.5) is 6.01 Å². The van der Waals surface area contributed by atoms with E-state index in [0.717, 1.165) is 0 Å². The van der Waals surface area contributed by atoms with Crippen LogP contribution in [0.3, 0.4) is 0 Å². The van der Waals surface area contributed by atoms with E-state index in [0.29, 0.717) is 31.9 Å². The molecular weight excluding hydrogens is 212 g/mol. The number of aryl methyl sites for hydroxylation is 1. The molecular formula is C9H14N4O3. The minimum Gasteiger partial charge on any atom is -0.381 e. The third-order valence-electron chi connectivity index (χ3n) is 2.59. The number of ether oxygens (including phenoxy) is 1. The Labute approximate surface area is 92.3 Å². The fourth-order valence-electron chi connectivity index (χ4n) is 1.53. The molecule has 0 atom stereocenters. The molecule has 0 saturated carbocycles. The highest BCUT2D eigenvalue weighted by Gasteiger charge is 2.36. The van der Waals surface area contributed by atoms with Gasteiger partial charge in [0.2, 0.25) is 5.91 Å². The molecule has 0 spiro atoms. The molecule has 0 bridgehead atoms. The number of carbonyl (C=O) groups is 1. The van der Waals surface area contributed by atoms with Gasteiger partial charge in [0.05, 0.1) is 0 Å². The van der Waals surface area contributed by atoms with E-state index < -0.39 is 5.54 Å². The molecule has 1 fully saturated rings. The lowest BCUT2D eigenvalue weighted by atomic mass is 9.90. The van der Waals surface area contributed by atoms with Crippen LogP contribution in [0.15, 0.2) is 4.52 Å². The van der Waals surface area contributed by atoms with Gasteiger partial charge in [-0.2, -0.15) is 4.98 Å². The first kappa shape index (κ1) is 11.0. The Morgan fingerprint density at radius 3 is 2.75 bits per heavy atom. The van der Waals surface area contributed by atoms with Gasteiger partial charge in [0.25, 0.3) is 0 Å². The Kier molecular flexibility index (Phi) is 2.88. The van der Waals surface area contributed by atoms with E-state index in [1.54, 1.807) is 6.92 Å². The molecule has 1 aromatic rings. The average molecular weight is 226 g/mol. The lowest BCUT2D eigenvalue weighted by Crippen LogP contribution is -2.54. The summed E-state index contributed by atoms with van der Waals surface area (Å²) in [6.07, 6.45) is 0.984. The smallest absolute Gasteiger partial charge is 0.328 e. The normalized spacial score (nSPS) is 19.4. The van der Waals surface area contributed by atoms with Gasteiger partial charge in [-0.1, -0.05) is 5.16 Å². The number of aromatic nitrogens is 2. The topological polar surface area (TPSA) is 103 Å². The highest BCUT2D eigenvalue weighted by molar-refractivity contribution is 5.96. The van der Waals surface area contributed by atoms with Crippen molar-refractivity contribution < 1.29 is 14.1 Å². The van der Waals surface area contributed by atoms with Crippen molar-refractivity contribution in [1.82, 2.24) is 10.1 Å². The summed E-state index contributed by atoms with van der Waals surface area (Å²) < 4.78 is 9.95. The molecule has 2 heterocycles. The predicted octanol–water partition coefficient (Wildman–Crippen LogP) is -0.176. The molecule has 7 heteroatoms. The van der Waals surface area contributed by atoms with Crippen molar-refractivity contribution in [3.8, 4) is 0 Å². The monoisotopic (exact) mass is 226 g/mol. The summed E-state index contributed by atoms with van der Waals surface area (Å²) in [5.74, 6) is 0.160. The Morgan fingerprint density at radius 1 is 1.50 bits per heavy atom. The number of nitrogens with one attached hydrogen (secondary N) is 1. The van der Waals surface area contributed by atoms with Crippen LogP contribution in [0.2, 0.25) is 0 Å². The van der Waals surface area contributed by atoms with Crippen molar-refractivity contribution in [2.24, 2.45) is 5.73 Å². The number of anilines is 1. The number of rotatable bonds is 2. The van der Waals surface area contributed by atoms with Gasteiger partial charge in [-0.25, -0.2) is 0 Å². The summed E-state index contributed by atoms with van der Waals surface area (Å²) in [5.41, 5.74) is 5.07. The number of nitrogens with zero attached hydrogens (tertiary/aromatic N) is 2. The second-order valence-corrected chi connectivity index (χ2v) is 3.87. The van der Waals surface area contributed by atoms with Crippen molar-refractivity contribution in [2.75, 3.05) is 18.5 Å². The molecule has 88 valence electrons. The number of hydrogen-bond acceptors (Lipinski definition) is 6. The second kappa shape index (κ2) is 4.18. The third kappa shape index (κ3) is 2.20. The van der Waals surface area contributed by atoms with Gasteiger partial charge in [-0.05, 0) is 19.8 Å². The summed E-state index contributed by atoms with van der Waals surface area (Å²) in [6, 6.07) is 0.0822. The van der Waals surface area contributed by atoms with Crippen LogP contribution in [0, 0.1) is 6.92 Å². The van der Waals surface area contributed by atoms with Crippen molar-refractivity contribution in [3.63, 3.8) is 0 Å². The van der Waals surface area contributed by atoms with Gasteiger partial charge in [0.1, 0.15) is 5.54 Å². The summed E-state index contributed by atoms with van der Waals surface area (Å²) in [7, 11) is 0. The van der Waals surface area contributed by atoms with Crippen LogP contribution < -0.4 is 11.1 Å². The second-order valence-electron chi connectivity index (χ2n) is 3.87. The van der Waals surface area contributed by atoms with Crippen LogP contribution in [0.5, 0.6) is 0 Å². The Morgan fingerprint density at radius 2 is 2.19 bits per heavy atom. The highest BCUT2D eigenvalue weighted by Crippen LogP contribution is 2.19. The molecule has 16 heavy (non-hydrogen) atoms. The molecule has 2 rings (SSSR count). The van der Waals surface area contributed by atoms with Crippen LogP contribution in [-0.2, 0) is 9.53 Å². The standard InChI is InChI=1S/C9H14N4O3/c1-6-11-8(16-13-6)12-7(14)9(10)2-4-15-5-3-9/h2-5,10H2,1H3,(H,11,12,13,14). The molecule has 0 aliphatic carbocycles. The first-order valence-corrected chi connectivity index (χ1v) is 5.08. The molecule has 1 aromatic heterocycles. The molecule has 0 aromatic carbocycles. The molecule has 7 nitrogen and oxygen atoms in total.